The Morgan fingerprint density at radius 1 is 1.14 bits per heavy atom. The van der Waals surface area contributed by atoms with E-state index in [1.54, 1.807) is 11.0 Å². The lowest BCUT2D eigenvalue weighted by Crippen LogP contribution is -2.51. The topological polar surface area (TPSA) is 32.8 Å². The summed E-state index contributed by atoms with van der Waals surface area (Å²) in [5.41, 5.74) is 0.568. The SMILES string of the molecule is CN(C)C[C@@H]1OCCN(C(=O)Cc2cccc(C(F)(F)F)c2)[C@H]1c1ccccc1. The van der Waals surface area contributed by atoms with Crippen LogP contribution in [0.1, 0.15) is 22.7 Å². The lowest BCUT2D eigenvalue weighted by molar-refractivity contribution is -0.147. The molecule has 0 unspecified atom stereocenters. The molecule has 1 heterocycles. The number of ether oxygens (including phenoxy) is 1. The highest BCUT2D eigenvalue weighted by molar-refractivity contribution is 5.79. The minimum Gasteiger partial charge on any atom is -0.373 e. The molecule has 0 bridgehead atoms. The maximum atomic E-state index is 13.1. The first-order valence-corrected chi connectivity index (χ1v) is 9.52. The number of carbonyl (C=O) groups excluding carboxylic acids is 1. The number of alkyl halides is 3. The van der Waals surface area contributed by atoms with Crippen LogP contribution in [0.3, 0.4) is 0 Å². The summed E-state index contributed by atoms with van der Waals surface area (Å²) in [5, 5.41) is 0. The third-order valence-electron chi connectivity index (χ3n) is 4.97. The van der Waals surface area contributed by atoms with E-state index in [1.165, 1.54) is 6.07 Å². The average Bonchev–Trinajstić information content (AvgIpc) is 2.67. The molecule has 7 heteroatoms. The van der Waals surface area contributed by atoms with Crippen LogP contribution in [-0.2, 0) is 22.1 Å². The Bertz CT molecular complexity index is 824. The molecule has 4 nitrogen and oxygen atoms in total. The first-order valence-electron chi connectivity index (χ1n) is 9.52. The number of amides is 1. The summed E-state index contributed by atoms with van der Waals surface area (Å²) in [6.07, 6.45) is -4.73. The Morgan fingerprint density at radius 2 is 1.86 bits per heavy atom. The number of hydrogen-bond donors (Lipinski definition) is 0. The highest BCUT2D eigenvalue weighted by atomic mass is 19.4. The van der Waals surface area contributed by atoms with Crippen molar-refractivity contribution < 1.29 is 22.7 Å². The van der Waals surface area contributed by atoms with Crippen molar-refractivity contribution in [3.63, 3.8) is 0 Å². The minimum atomic E-state index is -4.43. The molecule has 156 valence electrons. The average molecular weight is 406 g/mol. The Morgan fingerprint density at radius 3 is 2.52 bits per heavy atom. The number of carbonyl (C=O) groups is 1. The Balaban J connectivity index is 1.85. The minimum absolute atomic E-state index is 0.0814. The summed E-state index contributed by atoms with van der Waals surface area (Å²) < 4.78 is 45.0. The first kappa shape index (κ1) is 21.3. The van der Waals surface area contributed by atoms with E-state index in [0.717, 1.165) is 17.7 Å². The number of halogens is 3. The highest BCUT2D eigenvalue weighted by Gasteiger charge is 2.37. The molecule has 3 rings (SSSR count). The van der Waals surface area contributed by atoms with Crippen molar-refractivity contribution in [3.05, 3.63) is 71.3 Å². The van der Waals surface area contributed by atoms with E-state index in [9.17, 15) is 18.0 Å². The van der Waals surface area contributed by atoms with Gasteiger partial charge in [0.05, 0.1) is 30.7 Å². The third kappa shape index (κ3) is 5.36. The van der Waals surface area contributed by atoms with Crippen molar-refractivity contribution >= 4 is 5.91 Å². The van der Waals surface area contributed by atoms with Crippen LogP contribution < -0.4 is 0 Å². The molecule has 0 saturated carbocycles. The second kappa shape index (κ2) is 8.97. The van der Waals surface area contributed by atoms with Crippen LogP contribution in [-0.4, -0.2) is 55.6 Å². The smallest absolute Gasteiger partial charge is 0.373 e. The molecular weight excluding hydrogens is 381 g/mol. The number of hydrogen-bond acceptors (Lipinski definition) is 3. The zero-order valence-corrected chi connectivity index (χ0v) is 16.5. The van der Waals surface area contributed by atoms with Gasteiger partial charge in [-0.2, -0.15) is 13.2 Å². The summed E-state index contributed by atoms with van der Waals surface area (Å²) in [4.78, 5) is 16.9. The van der Waals surface area contributed by atoms with Crippen LogP contribution in [0, 0.1) is 0 Å². The lowest BCUT2D eigenvalue weighted by atomic mass is 9.96. The van der Waals surface area contributed by atoms with Crippen LogP contribution >= 0.6 is 0 Å². The second-order valence-corrected chi connectivity index (χ2v) is 7.49. The molecular formula is C22H25F3N2O2. The first-order chi connectivity index (χ1) is 13.8. The third-order valence-corrected chi connectivity index (χ3v) is 4.97. The maximum absolute atomic E-state index is 13.1. The van der Waals surface area contributed by atoms with Crippen LogP contribution in [0.2, 0.25) is 0 Å². The van der Waals surface area contributed by atoms with Crippen molar-refractivity contribution in [1.82, 2.24) is 9.80 Å². The largest absolute Gasteiger partial charge is 0.416 e. The molecule has 2 aromatic rings. The van der Waals surface area contributed by atoms with E-state index in [1.807, 2.05) is 49.3 Å². The molecule has 0 radical (unpaired) electrons. The molecule has 2 atom stereocenters. The number of morpholine rings is 1. The molecule has 0 N–H and O–H groups in total. The predicted molar refractivity (Wildman–Crippen MR) is 104 cm³/mol. The molecule has 0 spiro atoms. The molecule has 1 aliphatic heterocycles. The molecule has 1 fully saturated rings. The van der Waals surface area contributed by atoms with Crippen molar-refractivity contribution in [2.75, 3.05) is 33.8 Å². The monoisotopic (exact) mass is 406 g/mol. The summed E-state index contributed by atoms with van der Waals surface area (Å²) >= 11 is 0. The Hall–Kier alpha value is -2.38. The van der Waals surface area contributed by atoms with Crippen LogP contribution in [0.4, 0.5) is 13.2 Å². The van der Waals surface area contributed by atoms with Gasteiger partial charge in [0.2, 0.25) is 5.91 Å². The highest BCUT2D eigenvalue weighted by Crippen LogP contribution is 2.32. The summed E-state index contributed by atoms with van der Waals surface area (Å²) in [5.74, 6) is -0.203. The fourth-order valence-corrected chi connectivity index (χ4v) is 3.70. The van der Waals surface area contributed by atoms with Crippen LogP contribution in [0.15, 0.2) is 54.6 Å². The van der Waals surface area contributed by atoms with E-state index in [2.05, 4.69) is 0 Å². The van der Waals surface area contributed by atoms with E-state index in [-0.39, 0.29) is 24.5 Å². The lowest BCUT2D eigenvalue weighted by Gasteiger charge is -2.42. The van der Waals surface area contributed by atoms with Gasteiger partial charge in [-0.1, -0.05) is 48.5 Å². The molecule has 29 heavy (non-hydrogen) atoms. The molecule has 0 aliphatic carbocycles. The molecule has 1 amide bonds. The molecule has 2 aromatic carbocycles. The van der Waals surface area contributed by atoms with Crippen LogP contribution in [0.5, 0.6) is 0 Å². The summed E-state index contributed by atoms with van der Waals surface area (Å²) in [6, 6.07) is 14.3. The van der Waals surface area contributed by atoms with Gasteiger partial charge in [-0.05, 0) is 31.3 Å². The summed E-state index contributed by atoms with van der Waals surface area (Å²) in [7, 11) is 3.88. The zero-order chi connectivity index (χ0) is 21.0. The molecule has 1 aliphatic rings. The van der Waals surface area contributed by atoms with Gasteiger partial charge in [0.25, 0.3) is 0 Å². The van der Waals surface area contributed by atoms with E-state index < -0.39 is 11.7 Å². The van der Waals surface area contributed by atoms with Crippen molar-refractivity contribution in [3.8, 4) is 0 Å². The van der Waals surface area contributed by atoms with Gasteiger partial charge in [0.1, 0.15) is 0 Å². The van der Waals surface area contributed by atoms with Gasteiger partial charge in [0, 0.05) is 13.1 Å². The quantitative estimate of drug-likeness (QED) is 0.758. The van der Waals surface area contributed by atoms with E-state index >= 15 is 0 Å². The molecule has 1 saturated heterocycles. The predicted octanol–water partition coefficient (Wildman–Crippen LogP) is 3.78. The number of nitrogens with zero attached hydrogens (tertiary/aromatic N) is 2. The van der Waals surface area contributed by atoms with Crippen molar-refractivity contribution in [2.45, 2.75) is 24.7 Å². The fraction of sp³-hybridized carbons (Fsp3) is 0.409. The van der Waals surface area contributed by atoms with Gasteiger partial charge in [0.15, 0.2) is 0 Å². The van der Waals surface area contributed by atoms with Gasteiger partial charge < -0.3 is 14.5 Å². The number of rotatable bonds is 5. The van der Waals surface area contributed by atoms with Gasteiger partial charge in [-0.15, -0.1) is 0 Å². The Labute approximate surface area is 168 Å². The summed E-state index contributed by atoms with van der Waals surface area (Å²) in [6.45, 7) is 1.43. The number of likely N-dealkylation sites (N-methyl/N-ethyl adjacent to an activating group) is 1. The number of benzene rings is 2. The van der Waals surface area contributed by atoms with Gasteiger partial charge in [-0.25, -0.2) is 0 Å². The zero-order valence-electron chi connectivity index (χ0n) is 16.5. The van der Waals surface area contributed by atoms with Crippen LogP contribution in [0.25, 0.3) is 0 Å². The standard InChI is InChI=1S/C22H25F3N2O2/c1-26(2)15-19-21(17-8-4-3-5-9-17)27(11-12-29-19)20(28)14-16-7-6-10-18(13-16)22(23,24)25/h3-10,13,19,21H,11-12,14-15H2,1-2H3/t19-,21-/m0/s1. The normalized spacial score (nSPS) is 20.1. The Kier molecular flexibility index (Phi) is 6.59. The second-order valence-electron chi connectivity index (χ2n) is 7.49. The van der Waals surface area contributed by atoms with Gasteiger partial charge >= 0.3 is 6.18 Å². The van der Waals surface area contributed by atoms with E-state index in [0.29, 0.717) is 25.3 Å². The van der Waals surface area contributed by atoms with E-state index in [4.69, 9.17) is 4.74 Å². The van der Waals surface area contributed by atoms with Crippen molar-refractivity contribution in [1.29, 1.82) is 0 Å². The van der Waals surface area contributed by atoms with Crippen molar-refractivity contribution in [2.24, 2.45) is 0 Å². The van der Waals surface area contributed by atoms with Gasteiger partial charge in [-0.3, -0.25) is 4.79 Å². The maximum Gasteiger partial charge on any atom is 0.416 e. The fourth-order valence-electron chi connectivity index (χ4n) is 3.70. The molecule has 0 aromatic heterocycles.